The monoisotopic (exact) mass is 398 g/mol. The second kappa shape index (κ2) is 10.1. The number of aromatic nitrogens is 1. The molecule has 0 saturated carbocycles. The van der Waals surface area contributed by atoms with Crippen LogP contribution in [0, 0.1) is 0 Å². The first kappa shape index (κ1) is 20.2. The number of carbonyl (C=O) groups excluding carboxylic acids is 2. The van der Waals surface area contributed by atoms with Crippen molar-refractivity contribution in [2.24, 2.45) is 0 Å². The summed E-state index contributed by atoms with van der Waals surface area (Å²) in [6, 6.07) is 5.26. The van der Waals surface area contributed by atoms with Gasteiger partial charge in [-0.3, -0.25) is 9.59 Å². The van der Waals surface area contributed by atoms with Gasteiger partial charge in [-0.05, 0) is 25.1 Å². The minimum absolute atomic E-state index is 0.0720. The van der Waals surface area contributed by atoms with Crippen molar-refractivity contribution in [1.29, 1.82) is 0 Å². The standard InChI is InChI=1S/C17H19ClN2O5S/c1-3-24-16(22)8-19-15(21)6-11-9-26-17(20-11)13-5-4-12(7-14(13)18)25-10-23-2/h4-5,7,9H,3,6,8,10H2,1-2H3,(H,19,21). The molecule has 1 aromatic carbocycles. The summed E-state index contributed by atoms with van der Waals surface area (Å²) in [5.41, 5.74) is 1.35. The van der Waals surface area contributed by atoms with Crippen molar-refractivity contribution >= 4 is 34.8 Å². The predicted molar refractivity (Wildman–Crippen MR) is 98.4 cm³/mol. The first-order chi connectivity index (χ1) is 12.5. The molecule has 9 heteroatoms. The number of hydrogen-bond acceptors (Lipinski definition) is 7. The number of rotatable bonds is 9. The van der Waals surface area contributed by atoms with E-state index in [4.69, 9.17) is 25.8 Å². The van der Waals surface area contributed by atoms with Crippen LogP contribution in [0.4, 0.5) is 0 Å². The van der Waals surface area contributed by atoms with E-state index >= 15 is 0 Å². The Hall–Kier alpha value is -2.16. The highest BCUT2D eigenvalue weighted by molar-refractivity contribution is 7.13. The molecule has 0 atom stereocenters. The van der Waals surface area contributed by atoms with Gasteiger partial charge in [0.1, 0.15) is 17.3 Å². The Bertz CT molecular complexity index is 765. The number of esters is 1. The summed E-state index contributed by atoms with van der Waals surface area (Å²) < 4.78 is 14.9. The molecule has 0 aliphatic carbocycles. The van der Waals surface area contributed by atoms with Gasteiger partial charge in [0.25, 0.3) is 0 Å². The molecule has 1 aromatic heterocycles. The van der Waals surface area contributed by atoms with Crippen molar-refractivity contribution in [3.63, 3.8) is 0 Å². The molecule has 1 amide bonds. The van der Waals surface area contributed by atoms with Crippen LogP contribution >= 0.6 is 22.9 Å². The Morgan fingerprint density at radius 1 is 1.35 bits per heavy atom. The van der Waals surface area contributed by atoms with Crippen LogP contribution in [0.3, 0.4) is 0 Å². The van der Waals surface area contributed by atoms with Crippen molar-refractivity contribution in [3.8, 4) is 16.3 Å². The lowest BCUT2D eigenvalue weighted by molar-refractivity contribution is -0.143. The molecule has 2 rings (SSSR count). The van der Waals surface area contributed by atoms with E-state index in [0.717, 1.165) is 5.56 Å². The number of thiazole rings is 1. The Labute approximate surface area is 160 Å². The van der Waals surface area contributed by atoms with Gasteiger partial charge in [0.15, 0.2) is 6.79 Å². The fraction of sp³-hybridized carbons (Fsp3) is 0.353. The summed E-state index contributed by atoms with van der Waals surface area (Å²) in [5, 5.41) is 5.47. The van der Waals surface area contributed by atoms with Crippen LogP contribution in [0.25, 0.3) is 10.6 Å². The number of methoxy groups -OCH3 is 1. The van der Waals surface area contributed by atoms with E-state index in [2.05, 4.69) is 10.3 Å². The van der Waals surface area contributed by atoms with Gasteiger partial charge in [-0.25, -0.2) is 4.98 Å². The minimum atomic E-state index is -0.470. The fourth-order valence-electron chi connectivity index (χ4n) is 2.01. The summed E-state index contributed by atoms with van der Waals surface area (Å²) >= 11 is 7.67. The highest BCUT2D eigenvalue weighted by Crippen LogP contribution is 2.33. The maximum atomic E-state index is 11.9. The largest absolute Gasteiger partial charge is 0.468 e. The third-order valence-corrected chi connectivity index (χ3v) is 4.38. The normalized spacial score (nSPS) is 10.4. The maximum absolute atomic E-state index is 11.9. The lowest BCUT2D eigenvalue weighted by atomic mass is 10.2. The zero-order valence-corrected chi connectivity index (χ0v) is 16.0. The molecule has 0 bridgehead atoms. The molecule has 1 heterocycles. The van der Waals surface area contributed by atoms with E-state index in [-0.39, 0.29) is 32.3 Å². The highest BCUT2D eigenvalue weighted by Gasteiger charge is 2.13. The van der Waals surface area contributed by atoms with Crippen LogP contribution in [-0.4, -0.2) is 43.9 Å². The number of nitrogens with one attached hydrogen (secondary N) is 1. The average molecular weight is 399 g/mol. The number of ether oxygens (including phenoxy) is 3. The zero-order valence-electron chi connectivity index (χ0n) is 14.4. The zero-order chi connectivity index (χ0) is 18.9. The molecule has 0 aliphatic rings. The Morgan fingerprint density at radius 2 is 2.15 bits per heavy atom. The lowest BCUT2D eigenvalue weighted by Gasteiger charge is -2.07. The first-order valence-electron chi connectivity index (χ1n) is 7.81. The molecular weight excluding hydrogens is 380 g/mol. The van der Waals surface area contributed by atoms with Gasteiger partial charge in [-0.2, -0.15) is 0 Å². The molecule has 0 aliphatic heterocycles. The summed E-state index contributed by atoms with van der Waals surface area (Å²) in [5.74, 6) is -0.178. The second-order valence-corrected chi connectivity index (χ2v) is 6.36. The summed E-state index contributed by atoms with van der Waals surface area (Å²) in [7, 11) is 1.54. The fourth-order valence-corrected chi connectivity index (χ4v) is 3.18. The molecule has 0 spiro atoms. The Kier molecular flexibility index (Phi) is 7.83. The SMILES string of the molecule is CCOC(=O)CNC(=O)Cc1csc(-c2ccc(OCOC)cc2Cl)n1. The van der Waals surface area contributed by atoms with E-state index < -0.39 is 5.97 Å². The lowest BCUT2D eigenvalue weighted by Crippen LogP contribution is -2.31. The smallest absolute Gasteiger partial charge is 0.325 e. The molecule has 26 heavy (non-hydrogen) atoms. The molecule has 0 unspecified atom stereocenters. The van der Waals surface area contributed by atoms with Gasteiger partial charge in [-0.15, -0.1) is 11.3 Å². The number of amides is 1. The van der Waals surface area contributed by atoms with Crippen LogP contribution < -0.4 is 10.1 Å². The Morgan fingerprint density at radius 3 is 2.85 bits per heavy atom. The first-order valence-corrected chi connectivity index (χ1v) is 9.07. The van der Waals surface area contributed by atoms with Crippen molar-refractivity contribution in [1.82, 2.24) is 10.3 Å². The van der Waals surface area contributed by atoms with Crippen LogP contribution in [-0.2, 0) is 25.5 Å². The van der Waals surface area contributed by atoms with Crippen molar-refractivity contribution < 1.29 is 23.8 Å². The number of nitrogens with zero attached hydrogens (tertiary/aromatic N) is 1. The number of benzene rings is 1. The minimum Gasteiger partial charge on any atom is -0.468 e. The van der Waals surface area contributed by atoms with Crippen LogP contribution in [0.15, 0.2) is 23.6 Å². The van der Waals surface area contributed by atoms with Crippen LogP contribution in [0.2, 0.25) is 5.02 Å². The van der Waals surface area contributed by atoms with Gasteiger partial charge < -0.3 is 19.5 Å². The molecule has 0 fully saturated rings. The van der Waals surface area contributed by atoms with Crippen LogP contribution in [0.5, 0.6) is 5.75 Å². The molecule has 0 saturated heterocycles. The highest BCUT2D eigenvalue weighted by atomic mass is 35.5. The van der Waals surface area contributed by atoms with Gasteiger partial charge >= 0.3 is 5.97 Å². The summed E-state index contributed by atoms with van der Waals surface area (Å²) in [4.78, 5) is 27.5. The van der Waals surface area contributed by atoms with Crippen molar-refractivity contribution in [3.05, 3.63) is 34.3 Å². The van der Waals surface area contributed by atoms with Gasteiger partial charge in [0.2, 0.25) is 5.91 Å². The summed E-state index contributed by atoms with van der Waals surface area (Å²) in [6.07, 6.45) is 0.0720. The molecular formula is C17H19ClN2O5S. The second-order valence-electron chi connectivity index (χ2n) is 5.10. The van der Waals surface area contributed by atoms with E-state index in [0.29, 0.717) is 21.5 Å². The van der Waals surface area contributed by atoms with Crippen LogP contribution in [0.1, 0.15) is 12.6 Å². The van der Waals surface area contributed by atoms with Crippen molar-refractivity contribution in [2.75, 3.05) is 27.1 Å². The quantitative estimate of drug-likeness (QED) is 0.516. The molecule has 0 radical (unpaired) electrons. The summed E-state index contributed by atoms with van der Waals surface area (Å²) in [6.45, 7) is 1.97. The Balaban J connectivity index is 1.96. The molecule has 1 N–H and O–H groups in total. The topological polar surface area (TPSA) is 86.8 Å². The van der Waals surface area contributed by atoms with Gasteiger partial charge in [0.05, 0.1) is 23.7 Å². The van der Waals surface area contributed by atoms with Gasteiger partial charge in [-0.1, -0.05) is 11.6 Å². The molecule has 2 aromatic rings. The van der Waals surface area contributed by atoms with E-state index in [1.165, 1.54) is 18.4 Å². The number of hydrogen-bond donors (Lipinski definition) is 1. The predicted octanol–water partition coefficient (Wildman–Crippen LogP) is 2.67. The van der Waals surface area contributed by atoms with Gasteiger partial charge in [0, 0.05) is 18.1 Å². The number of halogens is 1. The van der Waals surface area contributed by atoms with Crippen molar-refractivity contribution in [2.45, 2.75) is 13.3 Å². The van der Waals surface area contributed by atoms with E-state index in [1.807, 2.05) is 0 Å². The third-order valence-electron chi connectivity index (χ3n) is 3.14. The number of carbonyl (C=O) groups is 2. The van der Waals surface area contributed by atoms with E-state index in [9.17, 15) is 9.59 Å². The van der Waals surface area contributed by atoms with E-state index in [1.54, 1.807) is 30.5 Å². The maximum Gasteiger partial charge on any atom is 0.325 e. The molecule has 140 valence electrons. The molecule has 7 nitrogen and oxygen atoms in total. The third kappa shape index (κ3) is 5.98. The average Bonchev–Trinajstić information content (AvgIpc) is 3.06.